The van der Waals surface area contributed by atoms with E-state index < -0.39 is 11.7 Å². The van der Waals surface area contributed by atoms with Crippen molar-refractivity contribution in [1.82, 2.24) is 5.32 Å². The summed E-state index contributed by atoms with van der Waals surface area (Å²) < 4.78 is 5.09. The van der Waals surface area contributed by atoms with E-state index in [0.717, 1.165) is 0 Å². The third kappa shape index (κ3) is 9.66. The summed E-state index contributed by atoms with van der Waals surface area (Å²) in [5, 5.41) is 8.07. The lowest BCUT2D eigenvalue weighted by Gasteiger charge is -2.19. The molecule has 0 aromatic heterocycles. The molecule has 0 aliphatic rings. The highest BCUT2D eigenvalue weighted by atomic mass is 16.6. The molecule has 1 aromatic rings. The molecule has 0 bridgehead atoms. The molecule has 0 radical (unpaired) electrons. The van der Waals surface area contributed by atoms with E-state index in [4.69, 9.17) is 4.74 Å². The second kappa shape index (κ2) is 9.79. The molecule has 26 heavy (non-hydrogen) atoms. The molecule has 1 rings (SSSR count). The molecule has 3 amide bonds. The number of ether oxygens (including phenoxy) is 1. The van der Waals surface area contributed by atoms with Gasteiger partial charge in [0.25, 0.3) is 0 Å². The lowest BCUT2D eigenvalue weighted by molar-refractivity contribution is -0.117. The number of hydrogen-bond acceptors (Lipinski definition) is 4. The monoisotopic (exact) mass is 363 g/mol. The van der Waals surface area contributed by atoms with Crippen molar-refractivity contribution in [2.75, 3.05) is 17.2 Å². The Morgan fingerprint density at radius 2 is 1.46 bits per heavy atom. The summed E-state index contributed by atoms with van der Waals surface area (Å²) >= 11 is 0. The van der Waals surface area contributed by atoms with Gasteiger partial charge in [-0.2, -0.15) is 0 Å². The molecule has 0 aliphatic carbocycles. The van der Waals surface area contributed by atoms with Crippen molar-refractivity contribution in [3.63, 3.8) is 0 Å². The molecular weight excluding hydrogens is 334 g/mol. The van der Waals surface area contributed by atoms with E-state index in [0.29, 0.717) is 23.7 Å². The van der Waals surface area contributed by atoms with Gasteiger partial charge in [0, 0.05) is 30.8 Å². The van der Waals surface area contributed by atoms with Crippen molar-refractivity contribution >= 4 is 29.3 Å². The lowest BCUT2D eigenvalue weighted by atomic mass is 10.1. The molecule has 7 heteroatoms. The number of hydrogen-bond donors (Lipinski definition) is 3. The zero-order valence-electron chi connectivity index (χ0n) is 16.1. The third-order valence-corrected chi connectivity index (χ3v) is 3.07. The summed E-state index contributed by atoms with van der Waals surface area (Å²) in [6.45, 7) is 9.46. The summed E-state index contributed by atoms with van der Waals surface area (Å²) in [7, 11) is 0. The third-order valence-electron chi connectivity index (χ3n) is 3.07. The van der Waals surface area contributed by atoms with Crippen LogP contribution in [-0.4, -0.2) is 30.1 Å². The van der Waals surface area contributed by atoms with Gasteiger partial charge >= 0.3 is 6.09 Å². The van der Waals surface area contributed by atoms with Crippen molar-refractivity contribution < 1.29 is 19.1 Å². The van der Waals surface area contributed by atoms with E-state index in [-0.39, 0.29) is 24.8 Å². The van der Waals surface area contributed by atoms with Crippen LogP contribution < -0.4 is 16.0 Å². The Hall–Kier alpha value is -2.57. The molecule has 7 nitrogen and oxygen atoms in total. The van der Waals surface area contributed by atoms with Gasteiger partial charge in [0.2, 0.25) is 11.8 Å². The minimum absolute atomic E-state index is 0.0370. The second-order valence-electron chi connectivity index (χ2n) is 7.45. The minimum Gasteiger partial charge on any atom is -0.444 e. The van der Waals surface area contributed by atoms with Crippen molar-refractivity contribution in [2.45, 2.75) is 53.1 Å². The van der Waals surface area contributed by atoms with E-state index in [2.05, 4.69) is 16.0 Å². The highest BCUT2D eigenvalue weighted by molar-refractivity contribution is 5.93. The quantitative estimate of drug-likeness (QED) is 0.690. The predicted molar refractivity (Wildman–Crippen MR) is 102 cm³/mol. The van der Waals surface area contributed by atoms with Crippen molar-refractivity contribution in [1.29, 1.82) is 0 Å². The lowest BCUT2D eigenvalue weighted by Crippen LogP contribution is -2.34. The first-order chi connectivity index (χ1) is 12.0. The highest BCUT2D eigenvalue weighted by Gasteiger charge is 2.15. The predicted octanol–water partition coefficient (Wildman–Crippen LogP) is 3.52. The summed E-state index contributed by atoms with van der Waals surface area (Å²) in [5.41, 5.74) is 0.730. The van der Waals surface area contributed by atoms with Gasteiger partial charge in [-0.05, 0) is 51.0 Å². The van der Waals surface area contributed by atoms with Gasteiger partial charge in [-0.1, -0.05) is 13.8 Å². The standard InChI is InChI=1S/C19H29N3O4/c1-13(2)12-17(24)22-15-8-6-14(7-9-15)21-16(23)10-11-20-18(25)26-19(3,4)5/h6-9,13H,10-12H2,1-5H3,(H,20,25)(H,21,23)(H,22,24). The highest BCUT2D eigenvalue weighted by Crippen LogP contribution is 2.14. The fourth-order valence-corrected chi connectivity index (χ4v) is 2.04. The van der Waals surface area contributed by atoms with Crippen LogP contribution in [-0.2, 0) is 14.3 Å². The Morgan fingerprint density at radius 3 is 1.92 bits per heavy atom. The Morgan fingerprint density at radius 1 is 0.962 bits per heavy atom. The summed E-state index contributed by atoms with van der Waals surface area (Å²) in [6, 6.07) is 6.88. The van der Waals surface area contributed by atoms with Gasteiger partial charge in [-0.3, -0.25) is 9.59 Å². The largest absolute Gasteiger partial charge is 0.444 e. The fourth-order valence-electron chi connectivity index (χ4n) is 2.04. The number of benzene rings is 1. The molecule has 0 saturated carbocycles. The van der Waals surface area contributed by atoms with Crippen molar-refractivity contribution in [3.05, 3.63) is 24.3 Å². The van der Waals surface area contributed by atoms with Gasteiger partial charge in [0.15, 0.2) is 0 Å². The average Bonchev–Trinajstić information content (AvgIpc) is 2.46. The van der Waals surface area contributed by atoms with Crippen LogP contribution in [0.4, 0.5) is 16.2 Å². The molecule has 0 unspecified atom stereocenters. The summed E-state index contributed by atoms with van der Waals surface area (Å²) in [5.74, 6) is 0.0329. The Bertz CT molecular complexity index is 619. The second-order valence-corrected chi connectivity index (χ2v) is 7.45. The van der Waals surface area contributed by atoms with E-state index in [1.165, 1.54) is 0 Å². The van der Waals surface area contributed by atoms with Crippen LogP contribution >= 0.6 is 0 Å². The van der Waals surface area contributed by atoms with E-state index in [1.54, 1.807) is 45.0 Å². The maximum absolute atomic E-state index is 11.9. The maximum atomic E-state index is 11.9. The number of carbonyl (C=O) groups excluding carboxylic acids is 3. The zero-order chi connectivity index (χ0) is 19.7. The minimum atomic E-state index is -0.571. The van der Waals surface area contributed by atoms with Crippen LogP contribution in [0.1, 0.15) is 47.5 Å². The van der Waals surface area contributed by atoms with E-state index in [1.807, 2.05) is 13.8 Å². The topological polar surface area (TPSA) is 96.5 Å². The number of carbonyl (C=O) groups is 3. The van der Waals surface area contributed by atoms with E-state index in [9.17, 15) is 14.4 Å². The Balaban J connectivity index is 2.36. The van der Waals surface area contributed by atoms with Crippen molar-refractivity contribution in [3.8, 4) is 0 Å². The molecule has 3 N–H and O–H groups in total. The first-order valence-electron chi connectivity index (χ1n) is 8.72. The zero-order valence-corrected chi connectivity index (χ0v) is 16.1. The molecular formula is C19H29N3O4. The molecule has 0 atom stereocenters. The molecule has 1 aromatic carbocycles. The average molecular weight is 363 g/mol. The number of nitrogens with one attached hydrogen (secondary N) is 3. The summed E-state index contributed by atoms with van der Waals surface area (Å²) in [4.78, 5) is 35.1. The van der Waals surface area contributed by atoms with Crippen molar-refractivity contribution in [2.24, 2.45) is 5.92 Å². The van der Waals surface area contributed by atoms with Crippen LogP contribution in [0.5, 0.6) is 0 Å². The van der Waals surface area contributed by atoms with Crippen LogP contribution in [0, 0.1) is 5.92 Å². The summed E-state index contributed by atoms with van der Waals surface area (Å²) in [6.07, 6.45) is 0.0432. The van der Waals surface area contributed by atoms with Crippen LogP contribution in [0.15, 0.2) is 24.3 Å². The first-order valence-corrected chi connectivity index (χ1v) is 8.72. The van der Waals surface area contributed by atoms with Gasteiger partial charge in [-0.25, -0.2) is 4.79 Å². The van der Waals surface area contributed by atoms with Crippen LogP contribution in [0.2, 0.25) is 0 Å². The fraction of sp³-hybridized carbons (Fsp3) is 0.526. The SMILES string of the molecule is CC(C)CC(=O)Nc1ccc(NC(=O)CCNC(=O)OC(C)(C)C)cc1. The van der Waals surface area contributed by atoms with Gasteiger partial charge in [-0.15, -0.1) is 0 Å². The van der Waals surface area contributed by atoms with Gasteiger partial charge < -0.3 is 20.7 Å². The molecule has 144 valence electrons. The van der Waals surface area contributed by atoms with Crippen LogP contribution in [0.3, 0.4) is 0 Å². The van der Waals surface area contributed by atoms with E-state index >= 15 is 0 Å². The Kier molecular flexibility index (Phi) is 8.09. The van der Waals surface area contributed by atoms with Gasteiger partial charge in [0.05, 0.1) is 0 Å². The first kappa shape index (κ1) is 21.5. The molecule has 0 aliphatic heterocycles. The number of amides is 3. The molecule has 0 spiro atoms. The molecule has 0 fully saturated rings. The number of rotatable bonds is 7. The normalized spacial score (nSPS) is 11.0. The van der Waals surface area contributed by atoms with Gasteiger partial charge in [0.1, 0.15) is 5.60 Å². The Labute approximate surface area is 154 Å². The molecule has 0 heterocycles. The molecule has 0 saturated heterocycles. The number of alkyl carbamates (subject to hydrolysis) is 1. The smallest absolute Gasteiger partial charge is 0.407 e. The maximum Gasteiger partial charge on any atom is 0.407 e. The van der Waals surface area contributed by atoms with Crippen LogP contribution in [0.25, 0.3) is 0 Å². The number of anilines is 2.